The summed E-state index contributed by atoms with van der Waals surface area (Å²) >= 11 is 4.51. The first kappa shape index (κ1) is 16.9. The second kappa shape index (κ2) is 7.02. The lowest BCUT2D eigenvalue weighted by Crippen LogP contribution is -2.42. The van der Waals surface area contributed by atoms with Crippen LogP contribution in [0.2, 0.25) is 0 Å². The van der Waals surface area contributed by atoms with Crippen LogP contribution in [0, 0.1) is 0 Å². The molecule has 0 heterocycles. The number of nitrogens with one attached hydrogen (secondary N) is 2. The predicted octanol–water partition coefficient (Wildman–Crippen LogP) is 0.724. The molecule has 0 saturated carbocycles. The highest BCUT2D eigenvalue weighted by atomic mass is 32.1. The van der Waals surface area contributed by atoms with Gasteiger partial charge >= 0.3 is 18.0 Å². The van der Waals surface area contributed by atoms with Crippen molar-refractivity contribution in [3.8, 4) is 0 Å². The minimum Gasteiger partial charge on any atom is -0.392 e. The largest absolute Gasteiger partial charge is 0.416 e. The van der Waals surface area contributed by atoms with Crippen LogP contribution < -0.4 is 16.4 Å². The van der Waals surface area contributed by atoms with Crippen LogP contribution in [-0.4, -0.2) is 23.3 Å². The highest BCUT2D eigenvalue weighted by Crippen LogP contribution is 2.31. The molecule has 1 rings (SSSR count). The van der Waals surface area contributed by atoms with Crippen LogP contribution in [0.25, 0.3) is 0 Å². The Bertz CT molecular complexity index is 561. The van der Waals surface area contributed by atoms with Gasteiger partial charge in [-0.05, 0) is 11.6 Å². The highest BCUT2D eigenvalue weighted by molar-refractivity contribution is 7.80. The molecular weight excluding hydrogens is 307 g/mol. The number of benzene rings is 1. The van der Waals surface area contributed by atoms with E-state index < -0.39 is 30.1 Å². The molecule has 21 heavy (non-hydrogen) atoms. The third-order valence-corrected chi connectivity index (χ3v) is 2.54. The summed E-state index contributed by atoms with van der Waals surface area (Å²) in [5, 5.41) is 4.22. The summed E-state index contributed by atoms with van der Waals surface area (Å²) in [6.45, 7) is -0.588. The lowest BCUT2D eigenvalue weighted by Gasteiger charge is -2.13. The van der Waals surface area contributed by atoms with Crippen molar-refractivity contribution in [2.75, 3.05) is 6.54 Å². The zero-order valence-corrected chi connectivity index (χ0v) is 11.5. The van der Waals surface area contributed by atoms with Gasteiger partial charge in [0.2, 0.25) is 0 Å². The fraction of sp³-hybridized carbons (Fsp3) is 0.250. The standard InChI is InChI=1S/C12H12F3N3O2S/c13-12(14,15)8-4-2-1-3-7(8)5-17-10(19)11(20)18-6-9(16)21/h1-4H,5-6H2,(H2,16,21)(H,17,19)(H,18,20). The van der Waals surface area contributed by atoms with Gasteiger partial charge in [0.15, 0.2) is 0 Å². The molecule has 114 valence electrons. The van der Waals surface area contributed by atoms with Crippen LogP contribution in [0.3, 0.4) is 0 Å². The van der Waals surface area contributed by atoms with E-state index in [0.29, 0.717) is 0 Å². The van der Waals surface area contributed by atoms with Gasteiger partial charge in [-0.25, -0.2) is 0 Å². The van der Waals surface area contributed by atoms with Crippen LogP contribution in [0.4, 0.5) is 13.2 Å². The molecule has 0 spiro atoms. The Balaban J connectivity index is 2.66. The molecule has 0 radical (unpaired) electrons. The van der Waals surface area contributed by atoms with Gasteiger partial charge in [0.05, 0.1) is 17.1 Å². The molecule has 1 aromatic carbocycles. The predicted molar refractivity (Wildman–Crippen MR) is 73.1 cm³/mol. The van der Waals surface area contributed by atoms with E-state index >= 15 is 0 Å². The molecule has 0 atom stereocenters. The van der Waals surface area contributed by atoms with Crippen molar-refractivity contribution in [2.24, 2.45) is 5.73 Å². The average molecular weight is 319 g/mol. The van der Waals surface area contributed by atoms with Gasteiger partial charge < -0.3 is 16.4 Å². The smallest absolute Gasteiger partial charge is 0.392 e. The van der Waals surface area contributed by atoms with Gasteiger partial charge in [-0.15, -0.1) is 0 Å². The number of carbonyl (C=O) groups is 2. The van der Waals surface area contributed by atoms with E-state index in [4.69, 9.17) is 5.73 Å². The Morgan fingerprint density at radius 1 is 1.14 bits per heavy atom. The number of amides is 2. The van der Waals surface area contributed by atoms with Crippen molar-refractivity contribution >= 4 is 29.0 Å². The van der Waals surface area contributed by atoms with Crippen molar-refractivity contribution in [2.45, 2.75) is 12.7 Å². The Morgan fingerprint density at radius 3 is 2.29 bits per heavy atom. The molecule has 2 amide bonds. The molecule has 0 aliphatic carbocycles. The van der Waals surface area contributed by atoms with Crippen LogP contribution in [0.5, 0.6) is 0 Å². The molecule has 9 heteroatoms. The normalized spacial score (nSPS) is 10.8. The lowest BCUT2D eigenvalue weighted by molar-refractivity contribution is -0.140. The van der Waals surface area contributed by atoms with Gasteiger partial charge in [0.25, 0.3) is 0 Å². The number of thiocarbonyl (C=S) groups is 1. The molecule has 5 nitrogen and oxygen atoms in total. The second-order valence-corrected chi connectivity index (χ2v) is 4.51. The van der Waals surface area contributed by atoms with Crippen LogP contribution in [-0.2, 0) is 22.3 Å². The summed E-state index contributed by atoms with van der Waals surface area (Å²) in [7, 11) is 0. The van der Waals surface area contributed by atoms with E-state index in [2.05, 4.69) is 22.9 Å². The average Bonchev–Trinajstić information content (AvgIpc) is 2.41. The number of nitrogens with two attached hydrogens (primary N) is 1. The highest BCUT2D eigenvalue weighted by Gasteiger charge is 2.32. The maximum atomic E-state index is 12.7. The fourth-order valence-corrected chi connectivity index (χ4v) is 1.53. The SMILES string of the molecule is NC(=S)CNC(=O)C(=O)NCc1ccccc1C(F)(F)F. The molecule has 0 bridgehead atoms. The van der Waals surface area contributed by atoms with E-state index in [1.54, 1.807) is 0 Å². The summed E-state index contributed by atoms with van der Waals surface area (Å²) < 4.78 is 38.2. The molecule has 0 saturated heterocycles. The van der Waals surface area contributed by atoms with Gasteiger partial charge in [0.1, 0.15) is 0 Å². The van der Waals surface area contributed by atoms with Crippen molar-refractivity contribution < 1.29 is 22.8 Å². The first-order valence-electron chi connectivity index (χ1n) is 5.71. The minimum atomic E-state index is -4.53. The lowest BCUT2D eigenvalue weighted by atomic mass is 10.1. The number of halogens is 3. The van der Waals surface area contributed by atoms with E-state index in [1.807, 2.05) is 0 Å². The van der Waals surface area contributed by atoms with Crippen molar-refractivity contribution in [3.63, 3.8) is 0 Å². The van der Waals surface area contributed by atoms with Gasteiger partial charge in [-0.1, -0.05) is 30.4 Å². The first-order chi connectivity index (χ1) is 9.71. The summed E-state index contributed by atoms with van der Waals surface area (Å²) in [5.74, 6) is -2.09. The quantitative estimate of drug-likeness (QED) is 0.564. The minimum absolute atomic E-state index is 0.0152. The van der Waals surface area contributed by atoms with Crippen LogP contribution in [0.15, 0.2) is 24.3 Å². The van der Waals surface area contributed by atoms with Crippen molar-refractivity contribution in [1.82, 2.24) is 10.6 Å². The van der Waals surface area contributed by atoms with Gasteiger partial charge in [-0.2, -0.15) is 13.2 Å². The van der Waals surface area contributed by atoms with Crippen LogP contribution in [0.1, 0.15) is 11.1 Å². The van der Waals surface area contributed by atoms with E-state index in [1.165, 1.54) is 18.2 Å². The zero-order chi connectivity index (χ0) is 16.0. The van der Waals surface area contributed by atoms with Gasteiger partial charge in [0, 0.05) is 6.54 Å². The Morgan fingerprint density at radius 2 is 1.71 bits per heavy atom. The number of alkyl halides is 3. The third kappa shape index (κ3) is 5.38. The molecular formula is C12H12F3N3O2S. The number of carbonyl (C=O) groups excluding carboxylic acids is 2. The monoisotopic (exact) mass is 319 g/mol. The Kier molecular flexibility index (Phi) is 5.65. The summed E-state index contributed by atoms with van der Waals surface area (Å²) in [6.07, 6.45) is -4.53. The van der Waals surface area contributed by atoms with Crippen LogP contribution >= 0.6 is 12.2 Å². The molecule has 0 unspecified atom stereocenters. The molecule has 0 aliphatic heterocycles. The summed E-state index contributed by atoms with van der Waals surface area (Å²) in [6, 6.07) is 4.76. The Hall–Kier alpha value is -2.16. The summed E-state index contributed by atoms with van der Waals surface area (Å²) in [5.41, 5.74) is 4.13. The first-order valence-corrected chi connectivity index (χ1v) is 6.12. The second-order valence-electron chi connectivity index (χ2n) is 3.99. The molecule has 0 aliphatic rings. The third-order valence-electron chi connectivity index (χ3n) is 2.39. The maximum absolute atomic E-state index is 12.7. The zero-order valence-electron chi connectivity index (χ0n) is 10.7. The molecule has 0 aromatic heterocycles. The maximum Gasteiger partial charge on any atom is 0.416 e. The molecule has 1 aromatic rings. The number of rotatable bonds is 4. The number of hydrogen-bond acceptors (Lipinski definition) is 3. The topological polar surface area (TPSA) is 84.2 Å². The fourth-order valence-electron chi connectivity index (χ4n) is 1.45. The van der Waals surface area contributed by atoms with E-state index in [0.717, 1.165) is 6.07 Å². The Labute approximate surface area is 123 Å². The number of hydrogen-bond donors (Lipinski definition) is 3. The van der Waals surface area contributed by atoms with Crippen molar-refractivity contribution in [3.05, 3.63) is 35.4 Å². The molecule has 0 fully saturated rings. The summed E-state index contributed by atoms with van der Waals surface area (Å²) in [4.78, 5) is 22.7. The van der Waals surface area contributed by atoms with E-state index in [-0.39, 0.29) is 17.1 Å². The van der Waals surface area contributed by atoms with Gasteiger partial charge in [-0.3, -0.25) is 9.59 Å². The van der Waals surface area contributed by atoms with E-state index in [9.17, 15) is 22.8 Å². The molecule has 4 N–H and O–H groups in total. The van der Waals surface area contributed by atoms with Crippen molar-refractivity contribution in [1.29, 1.82) is 0 Å².